The lowest BCUT2D eigenvalue weighted by molar-refractivity contribution is 0.400. The van der Waals surface area contributed by atoms with Crippen LogP contribution in [0.4, 0.5) is 0 Å². The van der Waals surface area contributed by atoms with Crippen molar-refractivity contribution in [1.82, 2.24) is 4.90 Å². The minimum atomic E-state index is 0.0573. The first kappa shape index (κ1) is 9.56. The Labute approximate surface area is 77.8 Å². The first-order chi connectivity index (χ1) is 6.13. The van der Waals surface area contributed by atoms with Gasteiger partial charge in [-0.25, -0.2) is 0 Å². The van der Waals surface area contributed by atoms with E-state index in [0.29, 0.717) is 5.56 Å². The van der Waals surface area contributed by atoms with E-state index in [9.17, 15) is 5.11 Å². The third-order valence-electron chi connectivity index (χ3n) is 1.68. The monoisotopic (exact) mass is 176 g/mol. The Hall–Kier alpha value is -1.53. The Kier molecular flexibility index (Phi) is 2.88. The van der Waals surface area contributed by atoms with Gasteiger partial charge in [-0.2, -0.15) is 5.26 Å². The molecule has 0 saturated heterocycles. The fourth-order valence-electron chi connectivity index (χ4n) is 1.14. The smallest absolute Gasteiger partial charge is 0.133 e. The lowest BCUT2D eigenvalue weighted by Gasteiger charge is -2.09. The minimum Gasteiger partial charge on any atom is -0.507 e. The van der Waals surface area contributed by atoms with E-state index >= 15 is 0 Å². The van der Waals surface area contributed by atoms with Crippen LogP contribution in [0.25, 0.3) is 0 Å². The van der Waals surface area contributed by atoms with Gasteiger partial charge in [0, 0.05) is 6.54 Å². The number of hydrogen-bond donors (Lipinski definition) is 1. The summed E-state index contributed by atoms with van der Waals surface area (Å²) in [5.41, 5.74) is 1.32. The van der Waals surface area contributed by atoms with E-state index in [4.69, 9.17) is 5.26 Å². The lowest BCUT2D eigenvalue weighted by atomic mass is 10.1. The van der Waals surface area contributed by atoms with Crippen molar-refractivity contribution in [3.63, 3.8) is 0 Å². The molecule has 0 saturated carbocycles. The van der Waals surface area contributed by atoms with E-state index in [-0.39, 0.29) is 5.75 Å². The van der Waals surface area contributed by atoms with Gasteiger partial charge in [0.1, 0.15) is 11.8 Å². The summed E-state index contributed by atoms with van der Waals surface area (Å²) >= 11 is 0. The molecule has 0 bridgehead atoms. The number of hydrogen-bond acceptors (Lipinski definition) is 3. The summed E-state index contributed by atoms with van der Waals surface area (Å²) in [6, 6.07) is 7.01. The van der Waals surface area contributed by atoms with Crippen molar-refractivity contribution >= 4 is 0 Å². The van der Waals surface area contributed by atoms with Crippen LogP contribution in [0, 0.1) is 11.3 Å². The van der Waals surface area contributed by atoms with Gasteiger partial charge >= 0.3 is 0 Å². The normalized spacial score (nSPS) is 10.0. The number of rotatable bonds is 2. The molecule has 0 unspecified atom stereocenters. The summed E-state index contributed by atoms with van der Waals surface area (Å²) in [6.45, 7) is 0.763. The third-order valence-corrected chi connectivity index (χ3v) is 1.68. The lowest BCUT2D eigenvalue weighted by Crippen LogP contribution is -2.10. The predicted molar refractivity (Wildman–Crippen MR) is 50.2 cm³/mol. The van der Waals surface area contributed by atoms with Crippen LogP contribution in [0.15, 0.2) is 18.2 Å². The second kappa shape index (κ2) is 3.92. The molecule has 3 nitrogen and oxygen atoms in total. The van der Waals surface area contributed by atoms with Crippen LogP contribution in [0.2, 0.25) is 0 Å². The van der Waals surface area contributed by atoms with Crippen LogP contribution in [-0.2, 0) is 6.54 Å². The summed E-state index contributed by atoms with van der Waals surface area (Å²) in [4.78, 5) is 2.00. The zero-order valence-electron chi connectivity index (χ0n) is 7.78. The van der Waals surface area contributed by atoms with Gasteiger partial charge in [0.2, 0.25) is 0 Å². The molecule has 0 aliphatic heterocycles. The van der Waals surface area contributed by atoms with Gasteiger partial charge in [-0.3, -0.25) is 0 Å². The number of phenolic OH excluding ortho intramolecular Hbond substituents is 1. The van der Waals surface area contributed by atoms with Crippen LogP contribution < -0.4 is 0 Å². The van der Waals surface area contributed by atoms with Crippen molar-refractivity contribution in [3.8, 4) is 11.8 Å². The van der Waals surface area contributed by atoms with E-state index < -0.39 is 0 Å². The van der Waals surface area contributed by atoms with Gasteiger partial charge in [-0.05, 0) is 31.8 Å². The topological polar surface area (TPSA) is 47.3 Å². The maximum Gasteiger partial charge on any atom is 0.133 e. The van der Waals surface area contributed by atoms with Crippen LogP contribution >= 0.6 is 0 Å². The van der Waals surface area contributed by atoms with Gasteiger partial charge in [0.05, 0.1) is 5.56 Å². The molecule has 0 heterocycles. The van der Waals surface area contributed by atoms with Crippen molar-refractivity contribution in [2.75, 3.05) is 14.1 Å². The molecule has 0 aliphatic rings. The van der Waals surface area contributed by atoms with Crippen LogP contribution in [0.3, 0.4) is 0 Å². The van der Waals surface area contributed by atoms with Crippen molar-refractivity contribution in [3.05, 3.63) is 29.3 Å². The molecule has 1 aromatic carbocycles. The average molecular weight is 176 g/mol. The molecule has 0 atom stereocenters. The Bertz CT molecular complexity index is 339. The SMILES string of the molecule is CN(C)Cc1ccc(C#N)c(O)c1. The summed E-state index contributed by atoms with van der Waals surface area (Å²) in [7, 11) is 3.91. The Morgan fingerprint density at radius 3 is 2.62 bits per heavy atom. The molecule has 0 amide bonds. The Morgan fingerprint density at radius 2 is 2.15 bits per heavy atom. The zero-order chi connectivity index (χ0) is 9.84. The number of benzene rings is 1. The maximum atomic E-state index is 9.36. The Morgan fingerprint density at radius 1 is 1.46 bits per heavy atom. The Balaban J connectivity index is 2.91. The highest BCUT2D eigenvalue weighted by molar-refractivity contribution is 5.44. The standard InChI is InChI=1S/C10H12N2O/c1-12(2)7-8-3-4-9(6-11)10(13)5-8/h3-5,13H,7H2,1-2H3. The van der Waals surface area contributed by atoms with Gasteiger partial charge in [-0.1, -0.05) is 6.07 Å². The summed E-state index contributed by atoms with van der Waals surface area (Å²) < 4.78 is 0. The molecule has 13 heavy (non-hydrogen) atoms. The van der Waals surface area contributed by atoms with Crippen molar-refractivity contribution in [2.45, 2.75) is 6.54 Å². The van der Waals surface area contributed by atoms with E-state index in [0.717, 1.165) is 12.1 Å². The highest BCUT2D eigenvalue weighted by Crippen LogP contribution is 2.18. The minimum absolute atomic E-state index is 0.0573. The van der Waals surface area contributed by atoms with Crippen molar-refractivity contribution in [2.24, 2.45) is 0 Å². The molecular formula is C10H12N2O. The van der Waals surface area contributed by atoms with E-state index in [2.05, 4.69) is 0 Å². The number of nitriles is 1. The number of nitrogens with zero attached hydrogens (tertiary/aromatic N) is 2. The number of aromatic hydroxyl groups is 1. The highest BCUT2D eigenvalue weighted by Gasteiger charge is 2.01. The average Bonchev–Trinajstić information content (AvgIpc) is 2.03. The molecule has 0 radical (unpaired) electrons. The number of phenols is 1. The van der Waals surface area contributed by atoms with Crippen LogP contribution in [0.1, 0.15) is 11.1 Å². The molecule has 1 rings (SSSR count). The molecule has 1 aromatic rings. The maximum absolute atomic E-state index is 9.36. The molecule has 0 aliphatic carbocycles. The quantitative estimate of drug-likeness (QED) is 0.739. The highest BCUT2D eigenvalue weighted by atomic mass is 16.3. The van der Waals surface area contributed by atoms with E-state index in [1.165, 1.54) is 0 Å². The summed E-state index contributed by atoms with van der Waals surface area (Å²) in [5, 5.41) is 17.9. The first-order valence-corrected chi connectivity index (χ1v) is 4.00. The second-order valence-electron chi connectivity index (χ2n) is 3.20. The van der Waals surface area contributed by atoms with Crippen molar-refractivity contribution in [1.29, 1.82) is 5.26 Å². The fourth-order valence-corrected chi connectivity index (χ4v) is 1.14. The van der Waals surface area contributed by atoms with Gasteiger partial charge in [-0.15, -0.1) is 0 Å². The molecule has 0 spiro atoms. The molecule has 1 N–H and O–H groups in total. The van der Waals surface area contributed by atoms with Crippen LogP contribution in [0.5, 0.6) is 5.75 Å². The second-order valence-corrected chi connectivity index (χ2v) is 3.20. The van der Waals surface area contributed by atoms with E-state index in [1.54, 1.807) is 12.1 Å². The zero-order valence-corrected chi connectivity index (χ0v) is 7.78. The predicted octanol–water partition coefficient (Wildman–Crippen LogP) is 1.33. The summed E-state index contributed by atoms with van der Waals surface area (Å²) in [5.74, 6) is 0.0573. The van der Waals surface area contributed by atoms with Gasteiger partial charge in [0.25, 0.3) is 0 Å². The van der Waals surface area contributed by atoms with Gasteiger partial charge in [0.15, 0.2) is 0 Å². The van der Waals surface area contributed by atoms with E-state index in [1.807, 2.05) is 31.1 Å². The largest absolute Gasteiger partial charge is 0.507 e. The van der Waals surface area contributed by atoms with Gasteiger partial charge < -0.3 is 10.0 Å². The molecule has 3 heteroatoms. The van der Waals surface area contributed by atoms with Crippen molar-refractivity contribution < 1.29 is 5.11 Å². The molecule has 68 valence electrons. The first-order valence-electron chi connectivity index (χ1n) is 4.00. The summed E-state index contributed by atoms with van der Waals surface area (Å²) in [6.07, 6.45) is 0. The fraction of sp³-hybridized carbons (Fsp3) is 0.300. The molecule has 0 aromatic heterocycles. The third kappa shape index (κ3) is 2.46. The molecule has 0 fully saturated rings. The van der Waals surface area contributed by atoms with Crippen LogP contribution in [-0.4, -0.2) is 24.1 Å². The molecular weight excluding hydrogens is 164 g/mol.